The minimum Gasteiger partial charge on any atom is -0.484 e. The summed E-state index contributed by atoms with van der Waals surface area (Å²) >= 11 is 3.53. The maximum atomic E-state index is 15.0. The summed E-state index contributed by atoms with van der Waals surface area (Å²) < 4.78 is 54.0. The van der Waals surface area contributed by atoms with E-state index >= 15 is 0 Å². The molecule has 0 radical (unpaired) electrons. The summed E-state index contributed by atoms with van der Waals surface area (Å²) in [4.78, 5) is 28.2. The predicted molar refractivity (Wildman–Crippen MR) is 175 cm³/mol. The highest BCUT2D eigenvalue weighted by molar-refractivity contribution is 9.10. The number of halogens is 4. The largest absolute Gasteiger partial charge is 0.484 e. The van der Waals surface area contributed by atoms with E-state index in [0.29, 0.717) is 54.4 Å². The van der Waals surface area contributed by atoms with Crippen molar-refractivity contribution < 1.29 is 32.2 Å². The summed E-state index contributed by atoms with van der Waals surface area (Å²) in [6.45, 7) is 0.346. The number of likely N-dealkylation sites (N-methyl/N-ethyl adjacent to an activating group) is 1. The van der Waals surface area contributed by atoms with Crippen molar-refractivity contribution in [3.63, 3.8) is 0 Å². The first kappa shape index (κ1) is 33.5. The fourth-order valence-electron chi connectivity index (χ4n) is 6.50. The minimum atomic E-state index is -5.03. The van der Waals surface area contributed by atoms with Crippen molar-refractivity contribution in [3.8, 4) is 17.5 Å². The van der Waals surface area contributed by atoms with Crippen molar-refractivity contribution in [1.29, 1.82) is 5.26 Å². The molecule has 1 spiro atoms. The van der Waals surface area contributed by atoms with Crippen LogP contribution in [0.5, 0.6) is 5.75 Å². The number of ether oxygens (including phenoxy) is 2. The van der Waals surface area contributed by atoms with E-state index < -0.39 is 29.6 Å². The van der Waals surface area contributed by atoms with E-state index in [1.54, 1.807) is 47.0 Å². The number of nitriles is 1. The number of hydrogen-bond acceptors (Lipinski definition) is 7. The van der Waals surface area contributed by atoms with Crippen molar-refractivity contribution >= 4 is 44.3 Å². The maximum Gasteiger partial charge on any atom is 0.471 e. The highest BCUT2D eigenvalue weighted by Gasteiger charge is 2.51. The molecule has 14 heteroatoms. The zero-order valence-corrected chi connectivity index (χ0v) is 27.5. The Labute approximate surface area is 282 Å². The predicted octanol–water partition coefficient (Wildman–Crippen LogP) is 5.41. The molecule has 10 nitrogen and oxygen atoms in total. The number of carbonyl (C=O) groups is 2. The average Bonchev–Trinajstić information content (AvgIpc) is 3.41. The molecule has 0 unspecified atom stereocenters. The van der Waals surface area contributed by atoms with Gasteiger partial charge in [0.2, 0.25) is 5.91 Å². The van der Waals surface area contributed by atoms with Crippen LogP contribution in [0.4, 0.5) is 18.9 Å². The molecule has 2 N–H and O–H groups in total. The van der Waals surface area contributed by atoms with Gasteiger partial charge in [-0.3, -0.25) is 9.59 Å². The molecule has 0 aliphatic carbocycles. The van der Waals surface area contributed by atoms with Gasteiger partial charge in [0.1, 0.15) is 17.4 Å². The van der Waals surface area contributed by atoms with Crippen LogP contribution in [0.1, 0.15) is 30.5 Å². The molecule has 2 amide bonds. The molecule has 4 aromatic rings. The van der Waals surface area contributed by atoms with Crippen molar-refractivity contribution in [2.75, 3.05) is 31.7 Å². The molecule has 3 heterocycles. The Hall–Kier alpha value is -4.45. The summed E-state index contributed by atoms with van der Waals surface area (Å²) in [6, 6.07) is 21.6. The minimum absolute atomic E-state index is 0.0389. The molecule has 2 atom stereocenters. The van der Waals surface area contributed by atoms with Gasteiger partial charge in [-0.2, -0.15) is 23.5 Å². The van der Waals surface area contributed by atoms with E-state index in [0.717, 1.165) is 15.4 Å². The summed E-state index contributed by atoms with van der Waals surface area (Å²) in [5.74, 6) is -2.71. The molecule has 250 valence electrons. The van der Waals surface area contributed by atoms with E-state index in [1.165, 1.54) is 0 Å². The summed E-state index contributed by atoms with van der Waals surface area (Å²) in [6.07, 6.45) is -4.22. The number of amides is 2. The Morgan fingerprint density at radius 3 is 2.58 bits per heavy atom. The van der Waals surface area contributed by atoms with Crippen LogP contribution in [-0.2, 0) is 20.9 Å². The lowest BCUT2D eigenvalue weighted by atomic mass is 9.76. The summed E-state index contributed by atoms with van der Waals surface area (Å²) in [5.41, 5.74) is 1.83. The molecule has 48 heavy (non-hydrogen) atoms. The van der Waals surface area contributed by atoms with E-state index in [-0.39, 0.29) is 25.4 Å². The van der Waals surface area contributed by atoms with E-state index in [2.05, 4.69) is 27.3 Å². The lowest BCUT2D eigenvalue weighted by molar-refractivity contribution is -0.173. The number of rotatable bonds is 8. The van der Waals surface area contributed by atoms with Crippen LogP contribution in [0, 0.1) is 17.2 Å². The molecule has 0 saturated carbocycles. The number of anilines is 1. The topological polar surface area (TPSA) is 122 Å². The highest BCUT2D eigenvalue weighted by Crippen LogP contribution is 2.46. The first-order valence-electron chi connectivity index (χ1n) is 15.4. The van der Waals surface area contributed by atoms with Crippen molar-refractivity contribution in [1.82, 2.24) is 20.4 Å². The molecule has 1 fully saturated rings. The quantitative estimate of drug-likeness (QED) is 0.250. The van der Waals surface area contributed by atoms with Gasteiger partial charge in [-0.05, 0) is 49.9 Å². The molecular formula is C34H32BrF3N6O4. The van der Waals surface area contributed by atoms with Gasteiger partial charge in [-0.1, -0.05) is 46.3 Å². The van der Waals surface area contributed by atoms with Crippen LogP contribution < -0.4 is 20.3 Å². The van der Waals surface area contributed by atoms with Crippen LogP contribution >= 0.6 is 15.9 Å². The third-order valence-electron chi connectivity index (χ3n) is 8.98. The Kier molecular flexibility index (Phi) is 9.46. The third kappa shape index (κ3) is 6.50. The maximum absolute atomic E-state index is 15.0. The zero-order valence-electron chi connectivity index (χ0n) is 25.9. The Morgan fingerprint density at radius 1 is 1.12 bits per heavy atom. The number of nitrogens with zero attached hydrogens (tertiary/aromatic N) is 4. The van der Waals surface area contributed by atoms with Crippen LogP contribution in [-0.4, -0.2) is 66.2 Å². The molecule has 2 aliphatic rings. The van der Waals surface area contributed by atoms with Gasteiger partial charge >= 0.3 is 12.1 Å². The molecule has 1 aromatic heterocycles. The lowest BCUT2D eigenvalue weighted by Gasteiger charge is -2.42. The molecule has 1 saturated heterocycles. The van der Waals surface area contributed by atoms with E-state index in [1.807, 2.05) is 41.7 Å². The second-order valence-electron chi connectivity index (χ2n) is 11.8. The molecular weight excluding hydrogens is 693 g/mol. The van der Waals surface area contributed by atoms with Crippen LogP contribution in [0.15, 0.2) is 71.2 Å². The van der Waals surface area contributed by atoms with Gasteiger partial charge in [0.15, 0.2) is 0 Å². The van der Waals surface area contributed by atoms with Gasteiger partial charge in [0.05, 0.1) is 53.8 Å². The first-order chi connectivity index (χ1) is 23.0. The van der Waals surface area contributed by atoms with Gasteiger partial charge in [-0.25, -0.2) is 4.68 Å². The number of nitrogens with one attached hydrogen (secondary N) is 2. The van der Waals surface area contributed by atoms with E-state index in [9.17, 15) is 28.0 Å². The zero-order chi connectivity index (χ0) is 34.1. The van der Waals surface area contributed by atoms with Crippen molar-refractivity contribution in [3.05, 3.63) is 82.5 Å². The Morgan fingerprint density at radius 2 is 1.85 bits per heavy atom. The van der Waals surface area contributed by atoms with E-state index in [4.69, 9.17) is 14.6 Å². The number of hydrogen-bond donors (Lipinski definition) is 2. The monoisotopic (exact) mass is 724 g/mol. The van der Waals surface area contributed by atoms with Gasteiger partial charge in [0, 0.05) is 35.3 Å². The summed E-state index contributed by atoms with van der Waals surface area (Å²) in [5, 5.41) is 20.5. The standard InChI is InChI=1S/C34H32BrF3N6O4/c1-40-23(19-41-32(46)34(36,37)38)17-25-31(45)43(29-11-10-22(35)16-30(29)48-33(25)12-14-47-15-13-33)20-26-24-7-3-5-9-28(24)44(42-26)27-8-4-2-6-21(27)18-39/h2-11,16,23,25,40H,12-15,17,19-20H2,1H3,(H,41,46)/t23-,25+/m0/s1. The van der Waals surface area contributed by atoms with Crippen LogP contribution in [0.25, 0.3) is 16.6 Å². The van der Waals surface area contributed by atoms with Crippen molar-refractivity contribution in [2.45, 2.75) is 43.6 Å². The normalized spacial score (nSPS) is 18.1. The molecule has 6 rings (SSSR count). The van der Waals surface area contributed by atoms with Crippen molar-refractivity contribution in [2.24, 2.45) is 5.92 Å². The number of para-hydroxylation sites is 2. The Bertz CT molecular complexity index is 1880. The van der Waals surface area contributed by atoms with Gasteiger partial charge < -0.3 is 25.0 Å². The smallest absolute Gasteiger partial charge is 0.471 e. The second kappa shape index (κ2) is 13.6. The molecule has 3 aromatic carbocycles. The van der Waals surface area contributed by atoms with Crippen LogP contribution in [0.3, 0.4) is 0 Å². The lowest BCUT2D eigenvalue weighted by Crippen LogP contribution is -2.55. The fourth-order valence-corrected chi connectivity index (χ4v) is 6.84. The van der Waals surface area contributed by atoms with Crippen LogP contribution in [0.2, 0.25) is 0 Å². The highest BCUT2D eigenvalue weighted by atomic mass is 79.9. The third-order valence-corrected chi connectivity index (χ3v) is 9.48. The van der Waals surface area contributed by atoms with Gasteiger partial charge in [0.25, 0.3) is 0 Å². The number of benzene rings is 3. The van der Waals surface area contributed by atoms with Gasteiger partial charge in [-0.15, -0.1) is 0 Å². The average molecular weight is 726 g/mol. The fraction of sp³-hybridized carbons (Fsp3) is 0.353. The first-order valence-corrected chi connectivity index (χ1v) is 16.2. The number of alkyl halides is 3. The number of carbonyl (C=O) groups excluding carboxylic acids is 2. The SMILES string of the molecule is CN[C@H](CNC(=O)C(F)(F)F)C[C@@H]1C(=O)N(Cc2nn(-c3ccccc3C#N)c3ccccc23)c2ccc(Br)cc2OC12CCOCC2. The number of fused-ring (bicyclic) bond motifs is 2. The molecule has 2 aliphatic heterocycles. The molecule has 0 bridgehead atoms. The number of aromatic nitrogens is 2. The second-order valence-corrected chi connectivity index (χ2v) is 12.7. The summed E-state index contributed by atoms with van der Waals surface area (Å²) in [7, 11) is 1.57. The Balaban J connectivity index is 1.43.